The largest absolute Gasteiger partial charge is 0.497 e. The molecule has 1 heterocycles. The molecule has 0 spiro atoms. The minimum absolute atomic E-state index is 0.142. The molecule has 0 aliphatic carbocycles. The van der Waals surface area contributed by atoms with Crippen LogP contribution in [0.15, 0.2) is 53.4 Å². The summed E-state index contributed by atoms with van der Waals surface area (Å²) >= 11 is 0. The Morgan fingerprint density at radius 2 is 1.67 bits per heavy atom. The lowest BCUT2D eigenvalue weighted by atomic mass is 9.99. The van der Waals surface area contributed by atoms with Gasteiger partial charge in [0.05, 0.1) is 20.8 Å². The third-order valence-electron chi connectivity index (χ3n) is 4.79. The summed E-state index contributed by atoms with van der Waals surface area (Å²) in [6.07, 6.45) is 1.52. The Kier molecular flexibility index (Phi) is 6.23. The van der Waals surface area contributed by atoms with E-state index in [9.17, 15) is 8.42 Å². The molecule has 3 rings (SSSR count). The average molecular weight is 391 g/mol. The van der Waals surface area contributed by atoms with E-state index in [1.54, 1.807) is 12.1 Å². The fourth-order valence-electron chi connectivity index (χ4n) is 3.17. The fourth-order valence-corrected chi connectivity index (χ4v) is 4.81. The van der Waals surface area contributed by atoms with Crippen molar-refractivity contribution in [2.75, 3.05) is 33.9 Å². The van der Waals surface area contributed by atoms with Gasteiger partial charge in [0.1, 0.15) is 22.1 Å². The molecule has 1 aliphatic rings. The summed E-state index contributed by atoms with van der Waals surface area (Å²) in [5.41, 5.74) is 0. The van der Waals surface area contributed by atoms with Gasteiger partial charge in [-0.3, -0.25) is 0 Å². The number of rotatable bonds is 7. The number of methoxy groups -OCH3 is 2. The number of benzene rings is 2. The van der Waals surface area contributed by atoms with Crippen LogP contribution >= 0.6 is 0 Å². The molecule has 146 valence electrons. The van der Waals surface area contributed by atoms with Crippen LogP contribution in [0.3, 0.4) is 0 Å². The van der Waals surface area contributed by atoms with Gasteiger partial charge in [-0.1, -0.05) is 18.2 Å². The van der Waals surface area contributed by atoms with Crippen molar-refractivity contribution in [2.24, 2.45) is 5.92 Å². The van der Waals surface area contributed by atoms with Crippen LogP contribution in [0, 0.1) is 5.92 Å². The van der Waals surface area contributed by atoms with Gasteiger partial charge < -0.3 is 14.2 Å². The molecule has 0 radical (unpaired) electrons. The van der Waals surface area contributed by atoms with Crippen LogP contribution in [-0.4, -0.2) is 46.6 Å². The van der Waals surface area contributed by atoms with Crippen molar-refractivity contribution >= 4 is 10.0 Å². The zero-order chi connectivity index (χ0) is 19.3. The first-order chi connectivity index (χ1) is 13.0. The van der Waals surface area contributed by atoms with Crippen molar-refractivity contribution in [2.45, 2.75) is 17.7 Å². The smallest absolute Gasteiger partial charge is 0.246 e. The van der Waals surface area contributed by atoms with Gasteiger partial charge >= 0.3 is 0 Å². The van der Waals surface area contributed by atoms with E-state index < -0.39 is 10.0 Å². The van der Waals surface area contributed by atoms with E-state index in [0.717, 1.165) is 18.6 Å². The van der Waals surface area contributed by atoms with E-state index in [4.69, 9.17) is 14.2 Å². The molecule has 1 aliphatic heterocycles. The van der Waals surface area contributed by atoms with Crippen LogP contribution in [0.25, 0.3) is 0 Å². The summed E-state index contributed by atoms with van der Waals surface area (Å²) in [6.45, 7) is 1.53. The maximum Gasteiger partial charge on any atom is 0.246 e. The van der Waals surface area contributed by atoms with E-state index >= 15 is 0 Å². The maximum atomic E-state index is 13.1. The molecule has 2 aromatic rings. The van der Waals surface area contributed by atoms with Gasteiger partial charge in [0.15, 0.2) is 0 Å². The van der Waals surface area contributed by atoms with E-state index in [1.165, 1.54) is 24.6 Å². The zero-order valence-corrected chi connectivity index (χ0v) is 16.4. The number of hydrogen-bond donors (Lipinski definition) is 0. The molecule has 1 saturated heterocycles. The lowest BCUT2D eigenvalue weighted by Crippen LogP contribution is -2.39. The van der Waals surface area contributed by atoms with Crippen molar-refractivity contribution in [1.82, 2.24) is 4.31 Å². The molecule has 27 heavy (non-hydrogen) atoms. The predicted octanol–water partition coefficient (Wildman–Crippen LogP) is 3.18. The molecule has 7 heteroatoms. The molecule has 0 unspecified atom stereocenters. The van der Waals surface area contributed by atoms with Gasteiger partial charge in [0.2, 0.25) is 10.0 Å². The predicted molar refractivity (Wildman–Crippen MR) is 103 cm³/mol. The number of sulfonamides is 1. The van der Waals surface area contributed by atoms with Crippen LogP contribution in [0.1, 0.15) is 12.8 Å². The highest BCUT2D eigenvalue weighted by Gasteiger charge is 2.32. The Morgan fingerprint density at radius 3 is 2.30 bits per heavy atom. The number of ether oxygens (including phenoxy) is 3. The summed E-state index contributed by atoms with van der Waals surface area (Å²) in [5, 5.41) is 0. The van der Waals surface area contributed by atoms with E-state index in [0.29, 0.717) is 37.1 Å². The van der Waals surface area contributed by atoms with E-state index in [-0.39, 0.29) is 4.90 Å². The first-order valence-electron chi connectivity index (χ1n) is 8.94. The molecule has 6 nitrogen and oxygen atoms in total. The standard InChI is InChI=1S/C20H25NO5S/c1-24-18-8-9-19(25-2)20(14-18)27(22,23)21-12-10-16(11-13-21)15-26-17-6-4-3-5-7-17/h3-9,14,16H,10-13,15H2,1-2H3. The normalized spacial score (nSPS) is 16.1. The molecule has 0 amide bonds. The molecule has 0 bridgehead atoms. The Morgan fingerprint density at radius 1 is 0.963 bits per heavy atom. The molecule has 0 aromatic heterocycles. The Hall–Kier alpha value is -2.25. The zero-order valence-electron chi connectivity index (χ0n) is 15.6. The third-order valence-corrected chi connectivity index (χ3v) is 6.71. The van der Waals surface area contributed by atoms with Crippen LogP contribution in [0.4, 0.5) is 0 Å². The summed E-state index contributed by atoms with van der Waals surface area (Å²) in [7, 11) is -0.664. The number of nitrogens with zero attached hydrogens (tertiary/aromatic N) is 1. The lowest BCUT2D eigenvalue weighted by Gasteiger charge is -2.31. The van der Waals surface area contributed by atoms with Crippen molar-refractivity contribution in [1.29, 1.82) is 0 Å². The fraction of sp³-hybridized carbons (Fsp3) is 0.400. The third kappa shape index (κ3) is 4.54. The monoisotopic (exact) mass is 391 g/mol. The van der Waals surface area contributed by atoms with Gasteiger partial charge in [-0.25, -0.2) is 8.42 Å². The van der Waals surface area contributed by atoms with E-state index in [2.05, 4.69) is 0 Å². The van der Waals surface area contributed by atoms with E-state index in [1.807, 2.05) is 30.3 Å². The minimum atomic E-state index is -3.64. The second kappa shape index (κ2) is 8.63. The highest BCUT2D eigenvalue weighted by molar-refractivity contribution is 7.89. The quantitative estimate of drug-likeness (QED) is 0.725. The van der Waals surface area contributed by atoms with Crippen LogP contribution in [0.5, 0.6) is 17.2 Å². The Labute approximate surface area is 160 Å². The van der Waals surface area contributed by atoms with Gasteiger partial charge in [-0.05, 0) is 43.0 Å². The van der Waals surface area contributed by atoms with Crippen molar-refractivity contribution < 1.29 is 22.6 Å². The second-order valence-corrected chi connectivity index (χ2v) is 8.39. The summed E-state index contributed by atoms with van der Waals surface area (Å²) in [4.78, 5) is 0.142. The number of piperidine rings is 1. The van der Waals surface area contributed by atoms with Crippen LogP contribution in [0.2, 0.25) is 0 Å². The van der Waals surface area contributed by atoms with Crippen molar-refractivity contribution in [3.8, 4) is 17.2 Å². The molecule has 1 fully saturated rings. The first-order valence-corrected chi connectivity index (χ1v) is 10.4. The highest BCUT2D eigenvalue weighted by atomic mass is 32.2. The highest BCUT2D eigenvalue weighted by Crippen LogP contribution is 2.32. The summed E-state index contributed by atoms with van der Waals surface area (Å²) in [5.74, 6) is 1.99. The minimum Gasteiger partial charge on any atom is -0.497 e. The molecule has 0 saturated carbocycles. The summed E-state index contributed by atoms with van der Waals surface area (Å²) < 4.78 is 43.9. The molecule has 0 atom stereocenters. The second-order valence-electron chi connectivity index (χ2n) is 6.49. The molecular formula is C20H25NO5S. The average Bonchev–Trinajstić information content (AvgIpc) is 2.72. The lowest BCUT2D eigenvalue weighted by molar-refractivity contribution is 0.185. The molecular weight excluding hydrogens is 366 g/mol. The van der Waals surface area contributed by atoms with Gasteiger partial charge in [-0.15, -0.1) is 0 Å². The Balaban J connectivity index is 1.64. The number of para-hydroxylation sites is 1. The molecule has 2 aromatic carbocycles. The number of hydrogen-bond acceptors (Lipinski definition) is 5. The van der Waals surface area contributed by atoms with Gasteiger partial charge in [0, 0.05) is 19.2 Å². The maximum absolute atomic E-state index is 13.1. The van der Waals surface area contributed by atoms with Gasteiger partial charge in [0.25, 0.3) is 0 Å². The first kappa shape index (κ1) is 19.5. The van der Waals surface area contributed by atoms with Crippen LogP contribution < -0.4 is 14.2 Å². The van der Waals surface area contributed by atoms with Crippen LogP contribution in [-0.2, 0) is 10.0 Å². The topological polar surface area (TPSA) is 65.1 Å². The van der Waals surface area contributed by atoms with Crippen molar-refractivity contribution in [3.05, 3.63) is 48.5 Å². The van der Waals surface area contributed by atoms with Crippen molar-refractivity contribution in [3.63, 3.8) is 0 Å². The van der Waals surface area contributed by atoms with Gasteiger partial charge in [-0.2, -0.15) is 4.31 Å². The molecule has 0 N–H and O–H groups in total. The SMILES string of the molecule is COc1ccc(OC)c(S(=O)(=O)N2CCC(COc3ccccc3)CC2)c1. The Bertz CT molecular complexity index is 846. The summed E-state index contributed by atoms with van der Waals surface area (Å²) in [6, 6.07) is 14.5.